The number of rotatable bonds is 15. The third-order valence-corrected chi connectivity index (χ3v) is 34.6. The Bertz CT molecular complexity index is 7360. The van der Waals surface area contributed by atoms with Crippen molar-refractivity contribution >= 4 is 85.3 Å². The topological polar surface area (TPSA) is 25.4 Å². The quantitative estimate of drug-likeness (QED) is 0.101. The molecule has 1 heterocycles. The van der Waals surface area contributed by atoms with Crippen LogP contribution in [0.25, 0.3) is 0 Å². The van der Waals surface area contributed by atoms with Gasteiger partial charge in [0.15, 0.2) is 0 Å². The zero-order chi connectivity index (χ0) is 112. The molecule has 4 unspecified atom stereocenters. The van der Waals surface area contributed by atoms with Crippen molar-refractivity contribution in [2.45, 2.75) is 252 Å². The van der Waals surface area contributed by atoms with Crippen LogP contribution < -0.4 is 24.5 Å². The Morgan fingerprint density at radius 2 is 0.507 bits per heavy atom. The first-order valence-corrected chi connectivity index (χ1v) is 50.6. The summed E-state index contributed by atoms with van der Waals surface area (Å²) in [5.41, 5.74) is 14.9. The smallest absolute Gasteiger partial charge is 0.0946 e. The lowest BCUT2D eigenvalue weighted by atomic mass is 9.59. The van der Waals surface area contributed by atoms with Crippen LogP contribution in [0.3, 0.4) is 0 Å². The van der Waals surface area contributed by atoms with Crippen LogP contribution in [0, 0.1) is 28.1 Å². The number of fused-ring (bicyclic) bond motifs is 5. The molecular weight excluding hydrogens is 1700 g/mol. The molecule has 15 aromatic rings. The van der Waals surface area contributed by atoms with Gasteiger partial charge in [-0.05, 0) is 369 Å². The molecule has 1 spiro atoms. The lowest BCUT2D eigenvalue weighted by Gasteiger charge is -2.44. The van der Waals surface area contributed by atoms with Crippen molar-refractivity contribution in [3.63, 3.8) is 0 Å². The molecule has 0 saturated heterocycles. The van der Waals surface area contributed by atoms with E-state index in [0.29, 0.717) is 23.1 Å². The highest BCUT2D eigenvalue weighted by Gasteiger charge is 2.60. The van der Waals surface area contributed by atoms with Crippen LogP contribution in [0.4, 0.5) is 85.3 Å². The zero-order valence-corrected chi connectivity index (χ0v) is 84.5. The van der Waals surface area contributed by atoms with Crippen LogP contribution >= 0.6 is 0 Å². The van der Waals surface area contributed by atoms with Gasteiger partial charge in [0.1, 0.15) is 0 Å². The minimum absolute atomic E-state index is 0.0678. The number of hydrogen-bond donors (Lipinski definition) is 0. The molecule has 0 amide bonds. The molecule has 140 heavy (non-hydrogen) atoms. The van der Waals surface area contributed by atoms with Crippen molar-refractivity contribution in [3.05, 3.63) is 450 Å². The Labute approximate surface area is 861 Å². The maximum Gasteiger partial charge on any atom is 0.0946 e. The molecular formula is C134H147N5O. The minimum atomic E-state index is -3.60. The molecule has 24 rings (SSSR count). The Morgan fingerprint density at radius 1 is 0.229 bits per heavy atom. The van der Waals surface area contributed by atoms with E-state index in [9.17, 15) is 2.74 Å². The monoisotopic (exact) mass is 1860 g/mol. The van der Waals surface area contributed by atoms with Gasteiger partial charge in [-0.25, -0.2) is 0 Å². The molecule has 9 aliphatic rings. The predicted octanol–water partition coefficient (Wildman–Crippen LogP) is 38.0. The van der Waals surface area contributed by atoms with Crippen LogP contribution in [-0.4, -0.2) is 0 Å². The summed E-state index contributed by atoms with van der Waals surface area (Å²) in [7, 11) is 0. The average molecular weight is 1860 g/mol. The first kappa shape index (κ1) is 78.0. The molecule has 0 aromatic heterocycles. The summed E-state index contributed by atoms with van der Waals surface area (Å²) in [5.74, 6) is 3.53. The predicted molar refractivity (Wildman–Crippen MR) is 595 cm³/mol. The van der Waals surface area contributed by atoms with E-state index < -0.39 is 55.3 Å². The fourth-order valence-electron chi connectivity index (χ4n) is 24.6. The van der Waals surface area contributed by atoms with Gasteiger partial charge in [0, 0.05) is 102 Å². The lowest BCUT2D eigenvalue weighted by Crippen LogP contribution is -2.42. The maximum absolute atomic E-state index is 9.42. The molecule has 714 valence electrons. The number of hydrogen-bond acceptors (Lipinski definition) is 6. The average Bonchev–Trinajstić information content (AvgIpc) is 1.45. The van der Waals surface area contributed by atoms with Gasteiger partial charge in [0.25, 0.3) is 0 Å². The van der Waals surface area contributed by atoms with Crippen molar-refractivity contribution in [1.82, 2.24) is 0 Å². The van der Waals surface area contributed by atoms with Gasteiger partial charge in [-0.15, -0.1) is 0 Å². The Morgan fingerprint density at radius 3 is 0.879 bits per heavy atom. The van der Waals surface area contributed by atoms with Crippen molar-refractivity contribution in [1.29, 1.82) is 0 Å². The van der Waals surface area contributed by atoms with Gasteiger partial charge >= 0.3 is 0 Å². The normalized spacial score (nSPS) is 23.7. The van der Waals surface area contributed by atoms with E-state index in [1.165, 1.54) is 131 Å². The fraction of sp³-hybridized carbons (Fsp3) is 0.328. The van der Waals surface area contributed by atoms with Gasteiger partial charge < -0.3 is 29.2 Å². The highest BCUT2D eigenvalue weighted by Crippen LogP contribution is 2.67. The third-order valence-electron chi connectivity index (χ3n) is 34.6. The van der Waals surface area contributed by atoms with E-state index in [1.54, 1.807) is 76.7 Å². The Kier molecular flexibility index (Phi) is 20.8. The SMILES string of the molecule is CC1(C)OC2(CCCC2)c2ccc(N(c3ccccc3)c3ccccc3)cc21.CC1(C)c2ccc(N(c3ccccc3)c3ccccc3)cc2C(C)(C)C1(C)C.[2H]c1c(N(c2ccccc2)c2ccccc2)ccc2c1C(C)(C([2H])([2H])[2H])C(C([2H])([2H])[2H])(C([2H])([2H])[2H])C2(C)C([2H])([2H])[2H].[2H]c1c([2H])c2c(c([2H])c1N(c1ccccc1)c1ccccc1)C(C)(C)C(C)(C)C2(C)C.c1ccc(N(c2ccccc2)c2ccc3c(c2)C2CC4CC(CC3C4)C2)cc1. The highest BCUT2D eigenvalue weighted by atomic mass is 16.5. The largest absolute Gasteiger partial charge is 0.360 e. The summed E-state index contributed by atoms with van der Waals surface area (Å²) >= 11 is 0. The Hall–Kier alpha value is -12.7. The second-order valence-electron chi connectivity index (χ2n) is 44.3. The molecule has 6 heteroatoms. The molecule has 3 fully saturated rings. The molecule has 3 saturated carbocycles. The van der Waals surface area contributed by atoms with Crippen molar-refractivity contribution in [2.24, 2.45) is 28.1 Å². The molecule has 0 radical (unpaired) electrons. The van der Waals surface area contributed by atoms with Crippen molar-refractivity contribution in [3.8, 4) is 0 Å². The minimum Gasteiger partial charge on any atom is -0.360 e. The zero-order valence-electron chi connectivity index (χ0n) is 101. The third kappa shape index (κ3) is 17.0. The number of para-hydroxylation sites is 10. The van der Waals surface area contributed by atoms with Crippen LogP contribution in [0.1, 0.15) is 285 Å². The standard InChI is InChI=1S/C27H27N.3C27H31N.C26H27NO/c1-3-7-23(8-4-1)28(24-9-5-2-6-10-24)25-11-12-26-21-14-19-13-20(15-21)17-22(16-19)27(26)18-25;3*1-25(2)23-18-17-22(19-24(23)26(3,4)27(25,5)6)28(20-13-9-7-10-14-20)21-15-11-8-12-16-21;1-25(2)24-19-22(15-16-23(24)26(28-25)17-9-10-18-26)27(20-11-5-3-6-12-20)21-13-7-4-8-14-21/h1-12,18-22H,13-17H2;3*7-19H,1-6H3;3-8,11-16,19H,9-10,17-18H2,1-2H3/i;1D3,3D3,5D3,6D3,19D;17D,18D,19D;;. The van der Waals surface area contributed by atoms with Crippen LogP contribution in [0.5, 0.6) is 0 Å². The van der Waals surface area contributed by atoms with Crippen LogP contribution in [0.15, 0.2) is 394 Å². The summed E-state index contributed by atoms with van der Waals surface area (Å²) in [5, 5.41) is 0. The molecule has 0 N–H and O–H groups in total. The van der Waals surface area contributed by atoms with E-state index in [0.717, 1.165) is 72.9 Å². The van der Waals surface area contributed by atoms with E-state index in [1.807, 2.05) is 65.6 Å². The fourth-order valence-corrected chi connectivity index (χ4v) is 24.6. The molecule has 1 aliphatic heterocycles. The summed E-state index contributed by atoms with van der Waals surface area (Å²) < 4.78 is 146. The molecule has 4 bridgehead atoms. The van der Waals surface area contributed by atoms with Gasteiger partial charge in [-0.2, -0.15) is 0 Å². The van der Waals surface area contributed by atoms with Gasteiger partial charge in [0.2, 0.25) is 0 Å². The summed E-state index contributed by atoms with van der Waals surface area (Å²) in [4.78, 5) is 10.7. The number of anilines is 15. The summed E-state index contributed by atoms with van der Waals surface area (Å²) in [6.07, 6.45) is 12.0. The van der Waals surface area contributed by atoms with Crippen LogP contribution in [0.2, 0.25) is 0 Å². The second-order valence-corrected chi connectivity index (χ2v) is 44.3. The number of nitrogens with zero attached hydrogens (tertiary/aromatic N) is 5. The Balaban J connectivity index is 0.000000122. The van der Waals surface area contributed by atoms with E-state index in [2.05, 4.69) is 348 Å². The lowest BCUT2D eigenvalue weighted by molar-refractivity contribution is -0.122. The first-order chi connectivity index (χ1) is 73.7. The highest BCUT2D eigenvalue weighted by molar-refractivity contribution is 5.83. The number of benzene rings is 15. The van der Waals surface area contributed by atoms with Crippen molar-refractivity contribution < 1.29 is 26.7 Å². The van der Waals surface area contributed by atoms with E-state index >= 15 is 0 Å². The summed E-state index contributed by atoms with van der Waals surface area (Å²) in [6.45, 7) is 20.1. The van der Waals surface area contributed by atoms with Gasteiger partial charge in [-0.1, -0.05) is 349 Å². The van der Waals surface area contributed by atoms with E-state index in [4.69, 9.17) is 23.9 Å². The van der Waals surface area contributed by atoms with Crippen molar-refractivity contribution in [2.75, 3.05) is 24.5 Å². The summed E-state index contributed by atoms with van der Waals surface area (Å²) in [6, 6.07) is 126. The molecule has 6 nitrogen and oxygen atoms in total. The van der Waals surface area contributed by atoms with Gasteiger partial charge in [0.05, 0.1) is 16.7 Å². The van der Waals surface area contributed by atoms with E-state index in [-0.39, 0.29) is 67.0 Å². The van der Waals surface area contributed by atoms with Crippen LogP contribution in [-0.2, 0) is 48.4 Å². The number of ether oxygens (including phenoxy) is 1. The molecule has 8 aliphatic carbocycles. The molecule has 4 atom stereocenters. The second kappa shape index (κ2) is 37.4. The molecule has 15 aromatic carbocycles. The van der Waals surface area contributed by atoms with Gasteiger partial charge in [-0.3, -0.25) is 0 Å². The first-order valence-electron chi connectivity index (χ1n) is 58.6. The maximum atomic E-state index is 9.42.